The summed E-state index contributed by atoms with van der Waals surface area (Å²) < 4.78 is 9.89. The zero-order valence-corrected chi connectivity index (χ0v) is 8.77. The Morgan fingerprint density at radius 1 is 1.60 bits per heavy atom. The smallest absolute Gasteiger partial charge is 0.357 e. The Morgan fingerprint density at radius 2 is 2.33 bits per heavy atom. The number of nitrogens with two attached hydrogens (primary N) is 1. The topological polar surface area (TPSA) is 74.4 Å². The maximum atomic E-state index is 11.5. The molecule has 0 spiro atoms. The Morgan fingerprint density at radius 3 is 2.87 bits per heavy atom. The minimum absolute atomic E-state index is 0.243. The molecule has 0 aromatic carbocycles. The molecular weight excluding hydrogens is 196 g/mol. The van der Waals surface area contributed by atoms with E-state index in [0.29, 0.717) is 12.3 Å². The van der Waals surface area contributed by atoms with Crippen molar-refractivity contribution in [1.29, 1.82) is 0 Å². The zero-order valence-electron chi connectivity index (χ0n) is 8.77. The van der Waals surface area contributed by atoms with Gasteiger partial charge in [-0.05, 0) is 19.1 Å². The summed E-state index contributed by atoms with van der Waals surface area (Å²) in [6.07, 6.45) is 1.12. The first-order chi connectivity index (χ1) is 7.13. The number of esters is 1. The Labute approximate surface area is 88.2 Å². The fourth-order valence-electron chi connectivity index (χ4n) is 1.04. The molecule has 1 aromatic rings. The SMILES string of the molecule is COCC(C)OC(=O)c1ccc(N)cn1. The Kier molecular flexibility index (Phi) is 4.05. The van der Waals surface area contributed by atoms with Crippen molar-refractivity contribution in [2.24, 2.45) is 0 Å². The number of nitrogens with zero attached hydrogens (tertiary/aromatic N) is 1. The summed E-state index contributed by atoms with van der Waals surface area (Å²) in [5.41, 5.74) is 6.19. The highest BCUT2D eigenvalue weighted by atomic mass is 16.6. The van der Waals surface area contributed by atoms with Crippen molar-refractivity contribution >= 4 is 11.7 Å². The molecule has 0 bridgehead atoms. The average Bonchev–Trinajstić information content (AvgIpc) is 2.18. The van der Waals surface area contributed by atoms with Crippen molar-refractivity contribution in [2.75, 3.05) is 19.5 Å². The van der Waals surface area contributed by atoms with Crippen LogP contribution in [0.4, 0.5) is 5.69 Å². The van der Waals surface area contributed by atoms with Gasteiger partial charge in [-0.25, -0.2) is 9.78 Å². The fourth-order valence-corrected chi connectivity index (χ4v) is 1.04. The van der Waals surface area contributed by atoms with Crippen molar-refractivity contribution in [2.45, 2.75) is 13.0 Å². The molecule has 0 saturated carbocycles. The van der Waals surface area contributed by atoms with E-state index < -0.39 is 5.97 Å². The zero-order chi connectivity index (χ0) is 11.3. The summed E-state index contributed by atoms with van der Waals surface area (Å²) in [6.45, 7) is 2.11. The maximum Gasteiger partial charge on any atom is 0.357 e. The molecule has 82 valence electrons. The second kappa shape index (κ2) is 5.31. The number of ether oxygens (including phenoxy) is 2. The predicted octanol–water partition coefficient (Wildman–Crippen LogP) is 0.856. The third-order valence-electron chi connectivity index (χ3n) is 1.71. The van der Waals surface area contributed by atoms with Gasteiger partial charge in [0.1, 0.15) is 11.8 Å². The summed E-state index contributed by atoms with van der Waals surface area (Å²) >= 11 is 0. The van der Waals surface area contributed by atoms with Gasteiger partial charge in [-0.3, -0.25) is 0 Å². The number of hydrogen-bond acceptors (Lipinski definition) is 5. The molecule has 0 radical (unpaired) electrons. The van der Waals surface area contributed by atoms with Gasteiger partial charge in [-0.1, -0.05) is 0 Å². The van der Waals surface area contributed by atoms with Crippen LogP contribution >= 0.6 is 0 Å². The Bertz CT molecular complexity index is 324. The van der Waals surface area contributed by atoms with Gasteiger partial charge < -0.3 is 15.2 Å². The van der Waals surface area contributed by atoms with E-state index in [1.165, 1.54) is 12.3 Å². The molecule has 15 heavy (non-hydrogen) atoms. The monoisotopic (exact) mass is 210 g/mol. The molecule has 0 saturated heterocycles. The summed E-state index contributed by atoms with van der Waals surface area (Å²) in [7, 11) is 1.55. The summed E-state index contributed by atoms with van der Waals surface area (Å²) in [6, 6.07) is 3.13. The highest BCUT2D eigenvalue weighted by Crippen LogP contribution is 2.04. The largest absolute Gasteiger partial charge is 0.455 e. The minimum Gasteiger partial charge on any atom is -0.455 e. The number of pyridine rings is 1. The van der Waals surface area contributed by atoms with Crippen LogP contribution in [0.25, 0.3) is 0 Å². The standard InChI is InChI=1S/C10H14N2O3/c1-7(6-14-2)15-10(13)9-4-3-8(11)5-12-9/h3-5,7H,6,11H2,1-2H3. The van der Waals surface area contributed by atoms with E-state index in [-0.39, 0.29) is 11.8 Å². The first kappa shape index (κ1) is 11.5. The second-order valence-electron chi connectivity index (χ2n) is 3.15. The lowest BCUT2D eigenvalue weighted by molar-refractivity contribution is 0.0114. The van der Waals surface area contributed by atoms with Crippen LogP contribution < -0.4 is 5.73 Å². The van der Waals surface area contributed by atoms with Gasteiger partial charge >= 0.3 is 5.97 Å². The van der Waals surface area contributed by atoms with Crippen LogP contribution in [-0.4, -0.2) is 30.8 Å². The van der Waals surface area contributed by atoms with Gasteiger partial charge in [-0.2, -0.15) is 0 Å². The van der Waals surface area contributed by atoms with Crippen molar-refractivity contribution in [1.82, 2.24) is 4.98 Å². The maximum absolute atomic E-state index is 11.5. The van der Waals surface area contributed by atoms with Crippen molar-refractivity contribution in [3.05, 3.63) is 24.0 Å². The third kappa shape index (κ3) is 3.55. The number of anilines is 1. The number of carbonyl (C=O) groups excluding carboxylic acids is 1. The number of carbonyl (C=O) groups is 1. The molecule has 0 amide bonds. The van der Waals surface area contributed by atoms with Crippen LogP contribution in [0.2, 0.25) is 0 Å². The van der Waals surface area contributed by atoms with Crippen molar-refractivity contribution in [3.63, 3.8) is 0 Å². The number of nitrogen functional groups attached to an aromatic ring is 1. The Hall–Kier alpha value is -1.62. The van der Waals surface area contributed by atoms with Crippen LogP contribution in [0.1, 0.15) is 17.4 Å². The third-order valence-corrected chi connectivity index (χ3v) is 1.71. The molecule has 5 heteroatoms. The summed E-state index contributed by atoms with van der Waals surface area (Å²) in [5.74, 6) is -0.473. The molecule has 1 rings (SSSR count). The summed E-state index contributed by atoms with van der Waals surface area (Å²) in [4.78, 5) is 15.3. The molecule has 0 aliphatic carbocycles. The first-order valence-electron chi connectivity index (χ1n) is 4.55. The van der Waals surface area contributed by atoms with Gasteiger partial charge in [0.2, 0.25) is 0 Å². The van der Waals surface area contributed by atoms with E-state index in [4.69, 9.17) is 15.2 Å². The van der Waals surface area contributed by atoms with Gasteiger partial charge in [0.25, 0.3) is 0 Å². The van der Waals surface area contributed by atoms with E-state index >= 15 is 0 Å². The molecule has 1 atom stereocenters. The van der Waals surface area contributed by atoms with Crippen molar-refractivity contribution in [3.8, 4) is 0 Å². The van der Waals surface area contributed by atoms with Crippen LogP contribution in [0.5, 0.6) is 0 Å². The molecule has 5 nitrogen and oxygen atoms in total. The molecule has 1 unspecified atom stereocenters. The predicted molar refractivity (Wildman–Crippen MR) is 55.4 cm³/mol. The van der Waals surface area contributed by atoms with Crippen molar-refractivity contribution < 1.29 is 14.3 Å². The quantitative estimate of drug-likeness (QED) is 0.746. The number of methoxy groups -OCH3 is 1. The molecular formula is C10H14N2O3. The minimum atomic E-state index is -0.473. The van der Waals surface area contributed by atoms with Crippen LogP contribution in [0.15, 0.2) is 18.3 Å². The van der Waals surface area contributed by atoms with Crippen LogP contribution in [0, 0.1) is 0 Å². The Balaban J connectivity index is 2.57. The lowest BCUT2D eigenvalue weighted by Crippen LogP contribution is -2.20. The molecule has 0 aliphatic rings. The summed E-state index contributed by atoms with van der Waals surface area (Å²) in [5, 5.41) is 0. The lowest BCUT2D eigenvalue weighted by atomic mass is 10.3. The first-order valence-corrected chi connectivity index (χ1v) is 4.55. The highest BCUT2D eigenvalue weighted by Gasteiger charge is 2.12. The average molecular weight is 210 g/mol. The van der Waals surface area contributed by atoms with Crippen LogP contribution in [0.3, 0.4) is 0 Å². The van der Waals surface area contributed by atoms with Crippen LogP contribution in [-0.2, 0) is 9.47 Å². The second-order valence-corrected chi connectivity index (χ2v) is 3.15. The van der Waals surface area contributed by atoms with Gasteiger partial charge in [0.05, 0.1) is 18.5 Å². The number of rotatable bonds is 4. The van der Waals surface area contributed by atoms with E-state index in [2.05, 4.69) is 4.98 Å². The fraction of sp³-hybridized carbons (Fsp3) is 0.400. The number of aromatic nitrogens is 1. The molecule has 1 heterocycles. The number of hydrogen-bond donors (Lipinski definition) is 1. The molecule has 0 fully saturated rings. The van der Waals surface area contributed by atoms with Gasteiger partial charge in [0.15, 0.2) is 0 Å². The van der Waals surface area contributed by atoms with Gasteiger partial charge in [-0.15, -0.1) is 0 Å². The van der Waals surface area contributed by atoms with E-state index in [1.807, 2.05) is 0 Å². The van der Waals surface area contributed by atoms with Gasteiger partial charge in [0, 0.05) is 7.11 Å². The van der Waals surface area contributed by atoms with E-state index in [9.17, 15) is 4.79 Å². The molecule has 0 aliphatic heterocycles. The molecule has 2 N–H and O–H groups in total. The highest BCUT2D eigenvalue weighted by molar-refractivity contribution is 5.87. The van der Waals surface area contributed by atoms with E-state index in [1.54, 1.807) is 20.1 Å². The lowest BCUT2D eigenvalue weighted by Gasteiger charge is -2.11. The van der Waals surface area contributed by atoms with E-state index in [0.717, 1.165) is 0 Å². The molecule has 1 aromatic heterocycles. The normalized spacial score (nSPS) is 12.1.